The van der Waals surface area contributed by atoms with Crippen molar-refractivity contribution in [3.63, 3.8) is 0 Å². The summed E-state index contributed by atoms with van der Waals surface area (Å²) in [7, 11) is 0. The lowest BCUT2D eigenvalue weighted by Crippen LogP contribution is -2.21. The number of anilines is 2. The highest BCUT2D eigenvalue weighted by atomic mass is 32.1. The maximum atomic E-state index is 5.98. The zero-order valence-corrected chi connectivity index (χ0v) is 12.4. The van der Waals surface area contributed by atoms with Gasteiger partial charge in [0.2, 0.25) is 0 Å². The Morgan fingerprint density at radius 2 is 2.00 bits per heavy atom. The van der Waals surface area contributed by atoms with Gasteiger partial charge in [0.15, 0.2) is 0 Å². The number of pyridine rings is 1. The largest absolute Gasteiger partial charge is 0.382 e. The van der Waals surface area contributed by atoms with Crippen LogP contribution < -0.4 is 11.1 Å². The predicted molar refractivity (Wildman–Crippen MR) is 82.3 cm³/mol. The van der Waals surface area contributed by atoms with E-state index in [0.29, 0.717) is 5.82 Å². The number of hydrogen-bond acceptors (Lipinski definition) is 5. The summed E-state index contributed by atoms with van der Waals surface area (Å²) in [6, 6.07) is 3.91. The van der Waals surface area contributed by atoms with Crippen molar-refractivity contribution in [2.45, 2.75) is 27.2 Å². The fraction of sp³-hybridized carbons (Fsp3) is 0.429. The number of rotatable bonds is 5. The molecule has 4 nitrogen and oxygen atoms in total. The summed E-state index contributed by atoms with van der Waals surface area (Å²) in [5.74, 6) is 0.577. The number of nitrogens with one attached hydrogen (secondary N) is 1. The van der Waals surface area contributed by atoms with Crippen LogP contribution in [0.5, 0.6) is 0 Å². The van der Waals surface area contributed by atoms with Crippen molar-refractivity contribution in [3.05, 3.63) is 24.5 Å². The molecule has 0 aliphatic rings. The number of nitrogen functional groups attached to an aromatic ring is 1. The van der Waals surface area contributed by atoms with Gasteiger partial charge in [0, 0.05) is 18.9 Å². The number of hydrogen-bond donors (Lipinski definition) is 2. The van der Waals surface area contributed by atoms with Crippen molar-refractivity contribution in [2.75, 3.05) is 17.6 Å². The maximum Gasteiger partial charge on any atom is 0.147 e. The van der Waals surface area contributed by atoms with Crippen LogP contribution in [-0.2, 0) is 0 Å². The third kappa shape index (κ3) is 3.23. The summed E-state index contributed by atoms with van der Waals surface area (Å²) >= 11 is 1.42. The monoisotopic (exact) mass is 276 g/mol. The van der Waals surface area contributed by atoms with Crippen molar-refractivity contribution in [1.29, 1.82) is 0 Å². The first kappa shape index (κ1) is 13.8. The molecule has 0 aliphatic heterocycles. The fourth-order valence-electron chi connectivity index (χ4n) is 1.67. The first-order chi connectivity index (χ1) is 9.03. The Morgan fingerprint density at radius 3 is 2.63 bits per heavy atom. The Bertz CT molecular complexity index is 534. The van der Waals surface area contributed by atoms with Gasteiger partial charge in [-0.2, -0.15) is 4.37 Å². The van der Waals surface area contributed by atoms with E-state index in [1.807, 2.05) is 12.1 Å². The Labute approximate surface area is 118 Å². The molecule has 2 aromatic rings. The van der Waals surface area contributed by atoms with E-state index in [9.17, 15) is 0 Å². The van der Waals surface area contributed by atoms with Crippen LogP contribution in [0.4, 0.5) is 10.8 Å². The maximum absolute atomic E-state index is 5.98. The van der Waals surface area contributed by atoms with Gasteiger partial charge < -0.3 is 11.1 Å². The highest BCUT2D eigenvalue weighted by molar-refractivity contribution is 7.11. The van der Waals surface area contributed by atoms with Gasteiger partial charge in [-0.05, 0) is 41.1 Å². The fourth-order valence-corrected chi connectivity index (χ4v) is 2.40. The van der Waals surface area contributed by atoms with Gasteiger partial charge in [-0.1, -0.05) is 20.8 Å². The zero-order valence-electron chi connectivity index (χ0n) is 11.6. The molecule has 0 fully saturated rings. The number of nitrogens with two attached hydrogens (primary N) is 1. The lowest BCUT2D eigenvalue weighted by atomic mass is 9.90. The number of nitrogens with zero attached hydrogens (tertiary/aromatic N) is 2. The molecule has 2 aromatic heterocycles. The smallest absolute Gasteiger partial charge is 0.147 e. The molecule has 0 radical (unpaired) electrons. The second-order valence-corrected chi connectivity index (χ2v) is 6.15. The highest BCUT2D eigenvalue weighted by Crippen LogP contribution is 2.37. The van der Waals surface area contributed by atoms with E-state index >= 15 is 0 Å². The van der Waals surface area contributed by atoms with Gasteiger partial charge in [0.05, 0.1) is 5.56 Å². The molecule has 102 valence electrons. The minimum atomic E-state index is 0.258. The average Bonchev–Trinajstić information content (AvgIpc) is 2.79. The summed E-state index contributed by atoms with van der Waals surface area (Å²) < 4.78 is 4.26. The lowest BCUT2D eigenvalue weighted by Gasteiger charge is -2.23. The molecule has 19 heavy (non-hydrogen) atoms. The molecule has 2 rings (SSSR count). The second kappa shape index (κ2) is 5.57. The van der Waals surface area contributed by atoms with Gasteiger partial charge in [-0.25, -0.2) is 0 Å². The Balaban J connectivity index is 2.24. The average molecular weight is 276 g/mol. The molecule has 0 bridgehead atoms. The topological polar surface area (TPSA) is 63.8 Å². The van der Waals surface area contributed by atoms with Gasteiger partial charge in [-0.15, -0.1) is 0 Å². The van der Waals surface area contributed by atoms with E-state index in [2.05, 4.69) is 35.4 Å². The summed E-state index contributed by atoms with van der Waals surface area (Å²) in [6.45, 7) is 7.60. The van der Waals surface area contributed by atoms with Crippen LogP contribution in [0.1, 0.15) is 27.2 Å². The molecular formula is C14H20N4S. The standard InChI is InChI=1S/C14H20N4S/c1-4-14(2,3)9-17-13-11(12(15)18-19-13)10-5-7-16-8-6-10/h5-8,17H,4,9H2,1-3H3,(H2,15,18). The van der Waals surface area contributed by atoms with E-state index < -0.39 is 0 Å². The molecule has 2 heterocycles. The van der Waals surface area contributed by atoms with Crippen molar-refractivity contribution in [1.82, 2.24) is 9.36 Å². The van der Waals surface area contributed by atoms with Crippen molar-refractivity contribution in [3.8, 4) is 11.1 Å². The van der Waals surface area contributed by atoms with Gasteiger partial charge >= 0.3 is 0 Å². The Hall–Kier alpha value is -1.62. The molecule has 5 heteroatoms. The third-order valence-corrected chi connectivity index (χ3v) is 4.19. The summed E-state index contributed by atoms with van der Waals surface area (Å²) in [5.41, 5.74) is 8.28. The molecule has 0 aromatic carbocycles. The van der Waals surface area contributed by atoms with E-state index in [0.717, 1.165) is 29.1 Å². The van der Waals surface area contributed by atoms with Crippen LogP contribution in [0.2, 0.25) is 0 Å². The van der Waals surface area contributed by atoms with Crippen molar-refractivity contribution >= 4 is 22.4 Å². The van der Waals surface area contributed by atoms with E-state index in [-0.39, 0.29) is 5.41 Å². The van der Waals surface area contributed by atoms with Crippen molar-refractivity contribution < 1.29 is 0 Å². The first-order valence-electron chi connectivity index (χ1n) is 6.43. The highest BCUT2D eigenvalue weighted by Gasteiger charge is 2.18. The molecule has 0 unspecified atom stereocenters. The van der Waals surface area contributed by atoms with Crippen molar-refractivity contribution in [2.24, 2.45) is 5.41 Å². The molecule has 0 saturated heterocycles. The molecule has 0 amide bonds. The summed E-state index contributed by atoms with van der Waals surface area (Å²) in [6.07, 6.45) is 4.66. The quantitative estimate of drug-likeness (QED) is 0.875. The Morgan fingerprint density at radius 1 is 1.32 bits per heavy atom. The van der Waals surface area contributed by atoms with E-state index in [1.165, 1.54) is 11.5 Å². The molecule has 0 saturated carbocycles. The molecule has 0 aliphatic carbocycles. The summed E-state index contributed by atoms with van der Waals surface area (Å²) in [5, 5.41) is 4.51. The van der Waals surface area contributed by atoms with E-state index in [1.54, 1.807) is 12.4 Å². The molecule has 3 N–H and O–H groups in total. The van der Waals surface area contributed by atoms with Crippen LogP contribution in [-0.4, -0.2) is 15.9 Å². The van der Waals surface area contributed by atoms with Gasteiger partial charge in [-0.3, -0.25) is 4.98 Å². The minimum Gasteiger partial charge on any atom is -0.382 e. The van der Waals surface area contributed by atoms with Crippen LogP contribution in [0.3, 0.4) is 0 Å². The molecule has 0 atom stereocenters. The molecule has 0 spiro atoms. The van der Waals surface area contributed by atoms with Crippen LogP contribution in [0.15, 0.2) is 24.5 Å². The zero-order chi connectivity index (χ0) is 13.9. The Kier molecular flexibility index (Phi) is 4.04. The minimum absolute atomic E-state index is 0.258. The van der Waals surface area contributed by atoms with Crippen LogP contribution >= 0.6 is 11.5 Å². The van der Waals surface area contributed by atoms with E-state index in [4.69, 9.17) is 5.73 Å². The second-order valence-electron chi connectivity index (χ2n) is 5.38. The normalized spacial score (nSPS) is 11.5. The lowest BCUT2D eigenvalue weighted by molar-refractivity contribution is 0.377. The first-order valence-corrected chi connectivity index (χ1v) is 7.20. The van der Waals surface area contributed by atoms with Crippen LogP contribution in [0, 0.1) is 5.41 Å². The van der Waals surface area contributed by atoms with Gasteiger partial charge in [0.25, 0.3) is 0 Å². The molecular weight excluding hydrogens is 256 g/mol. The predicted octanol–water partition coefficient (Wildman–Crippen LogP) is 3.64. The SMILES string of the molecule is CCC(C)(C)CNc1snc(N)c1-c1ccncc1. The van der Waals surface area contributed by atoms with Gasteiger partial charge in [0.1, 0.15) is 10.8 Å². The summed E-state index contributed by atoms with van der Waals surface area (Å²) in [4.78, 5) is 4.03. The number of aromatic nitrogens is 2. The van der Waals surface area contributed by atoms with Crippen LogP contribution in [0.25, 0.3) is 11.1 Å². The third-order valence-electron chi connectivity index (χ3n) is 3.37.